The van der Waals surface area contributed by atoms with E-state index in [0.29, 0.717) is 24.6 Å². The fourth-order valence-corrected chi connectivity index (χ4v) is 5.52. The Kier molecular flexibility index (Phi) is 7.84. The molecule has 37 heavy (non-hydrogen) atoms. The van der Waals surface area contributed by atoms with Crippen LogP contribution in [0.5, 0.6) is 17.2 Å². The van der Waals surface area contributed by atoms with Crippen LogP contribution in [0, 0.1) is 5.82 Å². The normalized spacial score (nSPS) is 14.2. The second-order valence-corrected chi connectivity index (χ2v) is 10.2. The summed E-state index contributed by atoms with van der Waals surface area (Å²) in [5, 5.41) is 2.58. The third-order valence-corrected chi connectivity index (χ3v) is 8.05. The van der Waals surface area contributed by atoms with Gasteiger partial charge in [0.05, 0.1) is 37.5 Å². The molecule has 3 aromatic rings. The van der Waals surface area contributed by atoms with Gasteiger partial charge in [-0.15, -0.1) is 0 Å². The van der Waals surface area contributed by atoms with Crippen molar-refractivity contribution in [3.63, 3.8) is 0 Å². The van der Waals surface area contributed by atoms with Gasteiger partial charge in [0.25, 0.3) is 5.91 Å². The van der Waals surface area contributed by atoms with Crippen molar-refractivity contribution in [3.05, 3.63) is 72.0 Å². The highest BCUT2D eigenvalue weighted by atomic mass is 32.2. The highest BCUT2D eigenvalue weighted by Crippen LogP contribution is 2.30. The highest BCUT2D eigenvalue weighted by molar-refractivity contribution is 7.89. The van der Waals surface area contributed by atoms with Crippen molar-refractivity contribution in [3.8, 4) is 17.2 Å². The summed E-state index contributed by atoms with van der Waals surface area (Å²) in [5.74, 6) is -0.117. The van der Waals surface area contributed by atoms with E-state index < -0.39 is 27.3 Å². The number of ether oxygens (including phenoxy) is 3. The first-order chi connectivity index (χ1) is 17.8. The van der Waals surface area contributed by atoms with Crippen molar-refractivity contribution in [2.75, 3.05) is 57.7 Å². The van der Waals surface area contributed by atoms with Gasteiger partial charge in [-0.3, -0.25) is 4.79 Å². The van der Waals surface area contributed by atoms with E-state index in [1.54, 1.807) is 19.2 Å². The lowest BCUT2D eigenvalue weighted by Gasteiger charge is -2.35. The number of carbonyl (C=O) groups excluding carboxylic acids is 1. The second-order valence-electron chi connectivity index (χ2n) is 8.25. The topological polar surface area (TPSA) is 97.4 Å². The van der Waals surface area contributed by atoms with Crippen LogP contribution in [0.4, 0.5) is 15.8 Å². The average molecular weight is 530 g/mol. The Balaban J connectivity index is 1.51. The van der Waals surface area contributed by atoms with Crippen LogP contribution in [0.1, 0.15) is 10.4 Å². The van der Waals surface area contributed by atoms with Gasteiger partial charge in [-0.05, 0) is 54.6 Å². The number of halogens is 1. The summed E-state index contributed by atoms with van der Waals surface area (Å²) >= 11 is 0. The van der Waals surface area contributed by atoms with Crippen LogP contribution < -0.4 is 24.4 Å². The average Bonchev–Trinajstić information content (AvgIpc) is 2.93. The van der Waals surface area contributed by atoms with Crippen LogP contribution in [0.25, 0.3) is 0 Å². The number of hydrogen-bond donors (Lipinski definition) is 1. The van der Waals surface area contributed by atoms with Crippen LogP contribution in [0.15, 0.2) is 65.6 Å². The quantitative estimate of drug-likeness (QED) is 0.476. The van der Waals surface area contributed by atoms with Crippen LogP contribution >= 0.6 is 0 Å². The number of carbonyl (C=O) groups is 1. The predicted molar refractivity (Wildman–Crippen MR) is 138 cm³/mol. The highest BCUT2D eigenvalue weighted by Gasteiger charge is 2.30. The third kappa shape index (κ3) is 5.62. The third-order valence-electron chi connectivity index (χ3n) is 6.15. The van der Waals surface area contributed by atoms with Crippen molar-refractivity contribution < 1.29 is 31.8 Å². The molecule has 9 nitrogen and oxygen atoms in total. The van der Waals surface area contributed by atoms with Crippen molar-refractivity contribution in [2.45, 2.75) is 4.90 Å². The van der Waals surface area contributed by atoms with Crippen LogP contribution in [-0.4, -0.2) is 66.1 Å². The number of rotatable bonds is 8. The molecule has 4 rings (SSSR count). The Morgan fingerprint density at radius 2 is 1.49 bits per heavy atom. The number of sulfonamides is 1. The molecule has 1 aliphatic heterocycles. The first-order valence-corrected chi connectivity index (χ1v) is 12.9. The number of nitrogens with one attached hydrogen (secondary N) is 1. The molecule has 3 aromatic carbocycles. The van der Waals surface area contributed by atoms with Gasteiger partial charge < -0.3 is 24.4 Å². The maximum Gasteiger partial charge on any atom is 0.258 e. The number of nitrogens with zero attached hydrogens (tertiary/aromatic N) is 2. The zero-order chi connectivity index (χ0) is 26.6. The molecule has 1 fully saturated rings. The van der Waals surface area contributed by atoms with Crippen molar-refractivity contribution >= 4 is 27.3 Å². The summed E-state index contributed by atoms with van der Waals surface area (Å²) in [6.07, 6.45) is 0. The second kappa shape index (κ2) is 11.1. The number of benzene rings is 3. The van der Waals surface area contributed by atoms with E-state index in [2.05, 4.69) is 10.2 Å². The Labute approximate surface area is 215 Å². The van der Waals surface area contributed by atoms with Gasteiger partial charge in [0.15, 0.2) is 0 Å². The molecule has 1 heterocycles. The largest absolute Gasteiger partial charge is 0.497 e. The molecule has 0 saturated carbocycles. The van der Waals surface area contributed by atoms with E-state index in [1.165, 1.54) is 30.7 Å². The summed E-state index contributed by atoms with van der Waals surface area (Å²) in [5.41, 5.74) is 0.823. The molecule has 0 aliphatic carbocycles. The van der Waals surface area contributed by atoms with E-state index >= 15 is 0 Å². The first-order valence-electron chi connectivity index (χ1n) is 11.5. The summed E-state index contributed by atoms with van der Waals surface area (Å²) < 4.78 is 58.3. The minimum absolute atomic E-state index is 0.158. The molecule has 1 aliphatic rings. The van der Waals surface area contributed by atoms with E-state index in [-0.39, 0.29) is 23.7 Å². The monoisotopic (exact) mass is 529 g/mol. The zero-order valence-corrected chi connectivity index (χ0v) is 21.5. The lowest BCUT2D eigenvalue weighted by Crippen LogP contribution is -2.48. The molecule has 0 atom stereocenters. The minimum atomic E-state index is -3.95. The van der Waals surface area contributed by atoms with Gasteiger partial charge in [-0.2, -0.15) is 4.31 Å². The number of amides is 1. The lowest BCUT2D eigenvalue weighted by atomic mass is 10.2. The molecule has 0 radical (unpaired) electrons. The van der Waals surface area contributed by atoms with Crippen molar-refractivity contribution in [2.24, 2.45) is 0 Å². The first kappa shape index (κ1) is 26.2. The van der Waals surface area contributed by atoms with Gasteiger partial charge in [-0.25, -0.2) is 12.8 Å². The fourth-order valence-electron chi connectivity index (χ4n) is 4.07. The summed E-state index contributed by atoms with van der Waals surface area (Å²) in [4.78, 5) is 14.9. The maximum absolute atomic E-state index is 14.6. The maximum atomic E-state index is 14.6. The summed E-state index contributed by atoms with van der Waals surface area (Å²) in [6.45, 7) is 1.45. The Morgan fingerprint density at radius 1 is 0.838 bits per heavy atom. The number of piperazine rings is 1. The van der Waals surface area contributed by atoms with Crippen molar-refractivity contribution in [1.29, 1.82) is 0 Å². The van der Waals surface area contributed by atoms with E-state index in [4.69, 9.17) is 14.2 Å². The SMILES string of the molecule is COc1ccc(N2CCN(S(=O)(=O)c3ccc(F)c(C(=O)Nc4cc(OC)ccc4OC)c3)CC2)cc1. The molecule has 1 saturated heterocycles. The summed E-state index contributed by atoms with van der Waals surface area (Å²) in [7, 11) is 0.545. The van der Waals surface area contributed by atoms with Crippen LogP contribution in [0.3, 0.4) is 0 Å². The molecule has 11 heteroatoms. The van der Waals surface area contributed by atoms with Gasteiger partial charge in [0.1, 0.15) is 23.1 Å². The smallest absolute Gasteiger partial charge is 0.258 e. The van der Waals surface area contributed by atoms with E-state index in [1.807, 2.05) is 24.3 Å². The molecule has 0 spiro atoms. The van der Waals surface area contributed by atoms with Crippen molar-refractivity contribution in [1.82, 2.24) is 4.31 Å². The molecule has 0 aromatic heterocycles. The summed E-state index contributed by atoms with van der Waals surface area (Å²) in [6, 6.07) is 15.5. The van der Waals surface area contributed by atoms with Gasteiger partial charge in [0.2, 0.25) is 10.0 Å². The zero-order valence-electron chi connectivity index (χ0n) is 20.7. The van der Waals surface area contributed by atoms with Gasteiger partial charge in [0, 0.05) is 37.9 Å². The predicted octanol–water partition coefficient (Wildman–Crippen LogP) is 3.61. The Bertz CT molecular complexity index is 1370. The molecule has 0 bridgehead atoms. The lowest BCUT2D eigenvalue weighted by molar-refractivity contribution is 0.102. The molecular formula is C26H28FN3O6S. The molecule has 0 unspecified atom stereocenters. The molecule has 196 valence electrons. The Hall–Kier alpha value is -3.83. The van der Waals surface area contributed by atoms with Gasteiger partial charge in [-0.1, -0.05) is 0 Å². The fraction of sp³-hybridized carbons (Fsp3) is 0.269. The van der Waals surface area contributed by atoms with E-state index in [9.17, 15) is 17.6 Å². The number of methoxy groups -OCH3 is 3. The Morgan fingerprint density at radius 3 is 2.11 bits per heavy atom. The molecule has 1 N–H and O–H groups in total. The molecule has 1 amide bonds. The van der Waals surface area contributed by atoms with E-state index in [0.717, 1.165) is 23.6 Å². The number of anilines is 2. The minimum Gasteiger partial charge on any atom is -0.497 e. The van der Waals surface area contributed by atoms with Gasteiger partial charge >= 0.3 is 0 Å². The van der Waals surface area contributed by atoms with Crippen LogP contribution in [-0.2, 0) is 10.0 Å². The standard InChI is InChI=1S/C26H28FN3O6S/c1-34-19-6-4-18(5-7-19)29-12-14-30(15-13-29)37(32,33)21-9-10-23(27)22(17-21)26(31)28-24-16-20(35-2)8-11-25(24)36-3/h4-11,16-17H,12-15H2,1-3H3,(H,28,31). The van der Waals surface area contributed by atoms with Crippen LogP contribution in [0.2, 0.25) is 0 Å². The molecular weight excluding hydrogens is 501 g/mol. The number of hydrogen-bond acceptors (Lipinski definition) is 7.